The van der Waals surface area contributed by atoms with Crippen molar-refractivity contribution in [3.8, 4) is 0 Å². The molecule has 1 fully saturated rings. The molecule has 0 aliphatic carbocycles. The van der Waals surface area contributed by atoms with Crippen LogP contribution in [0.1, 0.15) is 24.0 Å². The van der Waals surface area contributed by atoms with Crippen molar-refractivity contribution in [3.63, 3.8) is 0 Å². The molecule has 2 atom stereocenters. The summed E-state index contributed by atoms with van der Waals surface area (Å²) in [6, 6.07) is -0.255. The molecule has 14 heavy (non-hydrogen) atoms. The van der Waals surface area contributed by atoms with Crippen LogP contribution in [0.15, 0.2) is 6.20 Å². The number of hydrogen-bond acceptors (Lipinski definition) is 3. The Morgan fingerprint density at radius 2 is 2.43 bits per heavy atom. The van der Waals surface area contributed by atoms with Gasteiger partial charge in [0.2, 0.25) is 5.91 Å². The van der Waals surface area contributed by atoms with Gasteiger partial charge in [-0.1, -0.05) is 0 Å². The summed E-state index contributed by atoms with van der Waals surface area (Å²) < 4.78 is 0. The van der Waals surface area contributed by atoms with Gasteiger partial charge in [-0.3, -0.25) is 4.79 Å². The summed E-state index contributed by atoms with van der Waals surface area (Å²) in [5, 5.41) is 0. The molecule has 2 heterocycles. The molecule has 3 N–H and O–H groups in total. The number of nitrogens with two attached hydrogens (primary N) is 1. The smallest absolute Gasteiger partial charge is 0.224 e. The van der Waals surface area contributed by atoms with Gasteiger partial charge in [-0.25, -0.2) is 4.98 Å². The Bertz CT molecular complexity index is 359. The number of H-pyrrole nitrogens is 1. The molecule has 0 spiro atoms. The van der Waals surface area contributed by atoms with Gasteiger partial charge in [0.1, 0.15) is 11.9 Å². The molecule has 5 nitrogen and oxygen atoms in total. The van der Waals surface area contributed by atoms with Gasteiger partial charge in [0.25, 0.3) is 0 Å². The first-order valence-electron chi connectivity index (χ1n) is 4.62. The molecule has 0 unspecified atom stereocenters. The molecular formula is C9H14N4O. The second kappa shape index (κ2) is 3.09. The third-order valence-corrected chi connectivity index (χ3v) is 2.63. The van der Waals surface area contributed by atoms with Crippen molar-refractivity contribution in [2.24, 2.45) is 5.73 Å². The molecule has 1 aliphatic rings. The number of carbonyl (C=O) groups is 1. The number of carbonyl (C=O) groups excluding carboxylic acids is 1. The third-order valence-electron chi connectivity index (χ3n) is 2.63. The molecule has 1 aliphatic heterocycles. The highest BCUT2D eigenvalue weighted by atomic mass is 16.2. The van der Waals surface area contributed by atoms with Crippen LogP contribution >= 0.6 is 0 Å². The molecule has 5 heteroatoms. The van der Waals surface area contributed by atoms with E-state index in [2.05, 4.69) is 9.97 Å². The number of aromatic nitrogens is 2. The van der Waals surface area contributed by atoms with Crippen LogP contribution in [-0.4, -0.2) is 33.9 Å². The number of aryl methyl sites for hydroxylation is 1. The van der Waals surface area contributed by atoms with Crippen LogP contribution in [0.5, 0.6) is 0 Å². The summed E-state index contributed by atoms with van der Waals surface area (Å²) in [4.78, 5) is 20.4. The average molecular weight is 194 g/mol. The van der Waals surface area contributed by atoms with E-state index in [9.17, 15) is 4.79 Å². The minimum Gasteiger partial charge on any atom is -0.344 e. The number of aromatic amines is 1. The summed E-state index contributed by atoms with van der Waals surface area (Å²) in [5.74, 6) is 0.861. The normalized spacial score (nSPS) is 27.4. The maximum atomic E-state index is 11.4. The Morgan fingerprint density at radius 1 is 1.71 bits per heavy atom. The van der Waals surface area contributed by atoms with Crippen LogP contribution < -0.4 is 5.73 Å². The molecule has 1 aromatic heterocycles. The lowest BCUT2D eigenvalue weighted by Crippen LogP contribution is -2.31. The largest absolute Gasteiger partial charge is 0.344 e. The molecule has 2 rings (SSSR count). The zero-order chi connectivity index (χ0) is 10.3. The highest BCUT2D eigenvalue weighted by Gasteiger charge is 2.37. The SMILES string of the molecule is Cc1cnc([C@@H]2[C@@H](N)CC(=O)N2C)[nH]1. The van der Waals surface area contributed by atoms with E-state index < -0.39 is 0 Å². The van der Waals surface area contributed by atoms with Gasteiger partial charge >= 0.3 is 0 Å². The quantitative estimate of drug-likeness (QED) is 0.658. The lowest BCUT2D eigenvalue weighted by Gasteiger charge is -2.20. The zero-order valence-electron chi connectivity index (χ0n) is 8.32. The fraction of sp³-hybridized carbons (Fsp3) is 0.556. The molecule has 1 amide bonds. The van der Waals surface area contributed by atoms with Crippen molar-refractivity contribution in [1.29, 1.82) is 0 Å². The molecule has 76 valence electrons. The Kier molecular flexibility index (Phi) is 2.03. The van der Waals surface area contributed by atoms with Crippen molar-refractivity contribution in [1.82, 2.24) is 14.9 Å². The Hall–Kier alpha value is -1.36. The van der Waals surface area contributed by atoms with Gasteiger partial charge in [0.05, 0.1) is 0 Å². The standard InChI is InChI=1S/C9H14N4O/c1-5-4-11-9(12-5)8-6(10)3-7(14)13(8)2/h4,6,8H,3,10H2,1-2H3,(H,11,12)/t6-,8-/m0/s1. The minimum atomic E-state index is -0.155. The van der Waals surface area contributed by atoms with E-state index in [1.807, 2.05) is 6.92 Å². The first-order valence-corrected chi connectivity index (χ1v) is 4.62. The van der Waals surface area contributed by atoms with E-state index in [1.54, 1.807) is 18.1 Å². The van der Waals surface area contributed by atoms with Gasteiger partial charge in [-0.15, -0.1) is 0 Å². The average Bonchev–Trinajstić information content (AvgIpc) is 2.60. The molecule has 0 aromatic carbocycles. The topological polar surface area (TPSA) is 75.0 Å². The van der Waals surface area contributed by atoms with Crippen LogP contribution in [0.3, 0.4) is 0 Å². The number of hydrogen-bond donors (Lipinski definition) is 2. The molecule has 0 radical (unpaired) electrons. The lowest BCUT2D eigenvalue weighted by molar-refractivity contribution is -0.127. The van der Waals surface area contributed by atoms with Crippen LogP contribution in [0, 0.1) is 6.92 Å². The van der Waals surface area contributed by atoms with Crippen molar-refractivity contribution in [2.45, 2.75) is 25.4 Å². The maximum absolute atomic E-state index is 11.4. The number of nitrogens with one attached hydrogen (secondary N) is 1. The first-order chi connectivity index (χ1) is 6.59. The highest BCUT2D eigenvalue weighted by Crippen LogP contribution is 2.28. The number of amides is 1. The van der Waals surface area contributed by atoms with E-state index in [-0.39, 0.29) is 18.0 Å². The molecule has 0 saturated carbocycles. The van der Waals surface area contributed by atoms with Crippen LogP contribution in [0.2, 0.25) is 0 Å². The van der Waals surface area contributed by atoms with E-state index in [1.165, 1.54) is 0 Å². The van der Waals surface area contributed by atoms with Crippen LogP contribution in [0.4, 0.5) is 0 Å². The molecule has 1 aromatic rings. The fourth-order valence-electron chi connectivity index (χ4n) is 1.87. The number of likely N-dealkylation sites (N-methyl/N-ethyl adjacent to an activating group) is 1. The molecular weight excluding hydrogens is 180 g/mol. The Balaban J connectivity index is 2.30. The summed E-state index contributed by atoms with van der Waals surface area (Å²) in [7, 11) is 1.76. The number of nitrogens with zero attached hydrogens (tertiary/aromatic N) is 2. The van der Waals surface area contributed by atoms with Crippen LogP contribution in [0.25, 0.3) is 0 Å². The van der Waals surface area contributed by atoms with Gasteiger partial charge in [0.15, 0.2) is 0 Å². The van der Waals surface area contributed by atoms with E-state index >= 15 is 0 Å². The van der Waals surface area contributed by atoms with E-state index in [4.69, 9.17) is 5.73 Å². The summed E-state index contributed by atoms with van der Waals surface area (Å²) in [6.07, 6.45) is 2.15. The van der Waals surface area contributed by atoms with Gasteiger partial charge in [-0.2, -0.15) is 0 Å². The second-order valence-electron chi connectivity index (χ2n) is 3.77. The Morgan fingerprint density at radius 3 is 2.86 bits per heavy atom. The number of likely N-dealkylation sites (tertiary alicyclic amines) is 1. The lowest BCUT2D eigenvalue weighted by atomic mass is 10.1. The summed E-state index contributed by atoms with van der Waals surface area (Å²) in [5.41, 5.74) is 6.86. The minimum absolute atomic E-state index is 0.0801. The monoisotopic (exact) mass is 194 g/mol. The van der Waals surface area contributed by atoms with Gasteiger partial charge in [-0.05, 0) is 6.92 Å². The van der Waals surface area contributed by atoms with Crippen molar-refractivity contribution >= 4 is 5.91 Å². The van der Waals surface area contributed by atoms with Gasteiger partial charge < -0.3 is 15.6 Å². The zero-order valence-corrected chi connectivity index (χ0v) is 8.32. The van der Waals surface area contributed by atoms with Crippen molar-refractivity contribution < 1.29 is 4.79 Å². The number of rotatable bonds is 1. The van der Waals surface area contributed by atoms with Crippen molar-refractivity contribution in [3.05, 3.63) is 17.7 Å². The van der Waals surface area contributed by atoms with Crippen LogP contribution in [-0.2, 0) is 4.79 Å². The van der Waals surface area contributed by atoms with E-state index in [0.717, 1.165) is 11.5 Å². The van der Waals surface area contributed by atoms with Crippen molar-refractivity contribution in [2.75, 3.05) is 7.05 Å². The Labute approximate surface area is 82.3 Å². The first kappa shape index (κ1) is 9.21. The molecule has 0 bridgehead atoms. The predicted molar refractivity (Wildman–Crippen MR) is 51.4 cm³/mol. The maximum Gasteiger partial charge on any atom is 0.224 e. The summed E-state index contributed by atoms with van der Waals surface area (Å²) in [6.45, 7) is 1.93. The number of imidazole rings is 1. The van der Waals surface area contributed by atoms with E-state index in [0.29, 0.717) is 6.42 Å². The third kappa shape index (κ3) is 1.29. The summed E-state index contributed by atoms with van der Waals surface area (Å²) >= 11 is 0. The van der Waals surface area contributed by atoms with Gasteiger partial charge in [0, 0.05) is 31.4 Å². The molecule has 1 saturated heterocycles. The highest BCUT2D eigenvalue weighted by molar-refractivity contribution is 5.79. The second-order valence-corrected chi connectivity index (χ2v) is 3.77. The fourth-order valence-corrected chi connectivity index (χ4v) is 1.87. The predicted octanol–water partition coefficient (Wildman–Crippen LogP) is -0.0514.